The highest BCUT2D eigenvalue weighted by Crippen LogP contribution is 2.19. The summed E-state index contributed by atoms with van der Waals surface area (Å²) < 4.78 is 10.9. The van der Waals surface area contributed by atoms with Crippen molar-refractivity contribution in [2.24, 2.45) is 5.92 Å². The van der Waals surface area contributed by atoms with E-state index in [1.807, 2.05) is 20.8 Å². The Morgan fingerprint density at radius 3 is 2.44 bits per heavy atom. The molecule has 18 heavy (non-hydrogen) atoms. The lowest BCUT2D eigenvalue weighted by Gasteiger charge is -2.33. The van der Waals surface area contributed by atoms with E-state index >= 15 is 0 Å². The van der Waals surface area contributed by atoms with Crippen molar-refractivity contribution in [2.75, 3.05) is 31.6 Å². The van der Waals surface area contributed by atoms with E-state index in [-0.39, 0.29) is 6.09 Å². The fourth-order valence-electron chi connectivity index (χ4n) is 1.91. The zero-order valence-electron chi connectivity index (χ0n) is 11.6. The number of nitrogens with zero attached hydrogens (tertiary/aromatic N) is 1. The Labute approximate surface area is 118 Å². The summed E-state index contributed by atoms with van der Waals surface area (Å²) in [5.41, 5.74) is -0.410. The summed E-state index contributed by atoms with van der Waals surface area (Å²) in [7, 11) is 0. The second-order valence-corrected chi connectivity index (χ2v) is 6.47. The Hall–Kier alpha value is -0.290. The highest BCUT2D eigenvalue weighted by atomic mass is 79.9. The van der Waals surface area contributed by atoms with Crippen LogP contribution in [0.25, 0.3) is 0 Å². The molecule has 5 heteroatoms. The largest absolute Gasteiger partial charge is 0.444 e. The van der Waals surface area contributed by atoms with Gasteiger partial charge in [0.05, 0.1) is 6.61 Å². The van der Waals surface area contributed by atoms with Crippen molar-refractivity contribution in [1.82, 2.24) is 4.90 Å². The van der Waals surface area contributed by atoms with E-state index in [1.165, 1.54) is 0 Å². The zero-order valence-corrected chi connectivity index (χ0v) is 13.2. The molecule has 0 bridgehead atoms. The average Bonchev–Trinajstić information content (AvgIpc) is 2.28. The molecule has 0 unspecified atom stereocenters. The first-order valence-electron chi connectivity index (χ1n) is 6.54. The lowest BCUT2D eigenvalue weighted by molar-refractivity contribution is 0.0126. The summed E-state index contributed by atoms with van der Waals surface area (Å²) in [5, 5.41) is 0.879. The molecule has 0 aromatic heterocycles. The normalized spacial score (nSPS) is 17.9. The fraction of sp³-hybridized carbons (Fsp3) is 0.923. The minimum atomic E-state index is -0.410. The molecule has 1 aliphatic rings. The van der Waals surface area contributed by atoms with Crippen molar-refractivity contribution in [3.63, 3.8) is 0 Å². The minimum Gasteiger partial charge on any atom is -0.444 e. The molecular formula is C13H24BrNO3. The number of rotatable bonds is 4. The molecule has 4 nitrogen and oxygen atoms in total. The van der Waals surface area contributed by atoms with Gasteiger partial charge in [-0.15, -0.1) is 0 Å². The monoisotopic (exact) mass is 321 g/mol. The first kappa shape index (κ1) is 15.8. The summed E-state index contributed by atoms with van der Waals surface area (Å²) in [4.78, 5) is 13.6. The summed E-state index contributed by atoms with van der Waals surface area (Å²) >= 11 is 3.34. The summed E-state index contributed by atoms with van der Waals surface area (Å²) in [6.07, 6.45) is 1.81. The maximum Gasteiger partial charge on any atom is 0.410 e. The smallest absolute Gasteiger partial charge is 0.410 e. The second kappa shape index (κ2) is 7.34. The van der Waals surface area contributed by atoms with E-state index in [1.54, 1.807) is 4.90 Å². The molecule has 1 amide bonds. The second-order valence-electron chi connectivity index (χ2n) is 5.67. The highest BCUT2D eigenvalue weighted by molar-refractivity contribution is 9.09. The maximum atomic E-state index is 11.8. The van der Waals surface area contributed by atoms with Gasteiger partial charge in [-0.3, -0.25) is 0 Å². The fourth-order valence-corrected chi connectivity index (χ4v) is 2.14. The van der Waals surface area contributed by atoms with Crippen LogP contribution in [0.1, 0.15) is 33.6 Å². The molecule has 1 saturated heterocycles. The van der Waals surface area contributed by atoms with Crippen LogP contribution in [0, 0.1) is 5.92 Å². The zero-order chi connectivity index (χ0) is 13.6. The number of hydrogen-bond donors (Lipinski definition) is 0. The van der Waals surface area contributed by atoms with E-state index in [2.05, 4.69) is 15.9 Å². The van der Waals surface area contributed by atoms with Crippen LogP contribution in [0.15, 0.2) is 0 Å². The van der Waals surface area contributed by atoms with Gasteiger partial charge in [0.2, 0.25) is 0 Å². The molecule has 1 heterocycles. The third-order valence-corrected chi connectivity index (χ3v) is 3.17. The molecule has 0 spiro atoms. The average molecular weight is 322 g/mol. The molecule has 0 aromatic carbocycles. The van der Waals surface area contributed by atoms with Crippen molar-refractivity contribution < 1.29 is 14.3 Å². The van der Waals surface area contributed by atoms with Crippen LogP contribution in [0.2, 0.25) is 0 Å². The molecule has 0 saturated carbocycles. The van der Waals surface area contributed by atoms with Gasteiger partial charge in [0.1, 0.15) is 5.60 Å². The third-order valence-electron chi connectivity index (χ3n) is 2.84. The molecule has 106 valence electrons. The van der Waals surface area contributed by atoms with Crippen LogP contribution in [0.4, 0.5) is 4.79 Å². The Morgan fingerprint density at radius 2 is 1.94 bits per heavy atom. The van der Waals surface area contributed by atoms with Gasteiger partial charge < -0.3 is 14.4 Å². The summed E-state index contributed by atoms with van der Waals surface area (Å²) in [6, 6.07) is 0. The van der Waals surface area contributed by atoms with E-state index < -0.39 is 5.60 Å². The van der Waals surface area contributed by atoms with E-state index in [0.717, 1.165) is 44.5 Å². The summed E-state index contributed by atoms with van der Waals surface area (Å²) in [5.74, 6) is 0.572. The van der Waals surface area contributed by atoms with Crippen molar-refractivity contribution in [2.45, 2.75) is 39.2 Å². The van der Waals surface area contributed by atoms with Gasteiger partial charge in [0, 0.05) is 25.0 Å². The number of likely N-dealkylation sites (tertiary alicyclic amines) is 1. The van der Waals surface area contributed by atoms with Gasteiger partial charge in [-0.25, -0.2) is 4.79 Å². The van der Waals surface area contributed by atoms with Crippen molar-refractivity contribution in [1.29, 1.82) is 0 Å². The van der Waals surface area contributed by atoms with Gasteiger partial charge in [0.15, 0.2) is 0 Å². The first-order valence-corrected chi connectivity index (χ1v) is 7.66. The van der Waals surface area contributed by atoms with Crippen LogP contribution in [0.5, 0.6) is 0 Å². The predicted molar refractivity (Wildman–Crippen MR) is 75.1 cm³/mol. The lowest BCUT2D eigenvalue weighted by atomic mass is 9.98. The molecule has 1 rings (SSSR count). The maximum absolute atomic E-state index is 11.8. The standard InChI is InChI=1S/C13H24BrNO3/c1-13(2,3)18-12(16)15-7-4-11(5-8-15)10-17-9-6-14/h11H,4-10H2,1-3H3. The van der Waals surface area contributed by atoms with Crippen molar-refractivity contribution in [3.05, 3.63) is 0 Å². The molecule has 0 atom stereocenters. The number of carbonyl (C=O) groups excluding carboxylic acids is 1. The van der Waals surface area contributed by atoms with Gasteiger partial charge in [-0.1, -0.05) is 15.9 Å². The molecule has 1 fully saturated rings. The number of piperidine rings is 1. The van der Waals surface area contributed by atoms with Gasteiger partial charge in [-0.05, 0) is 39.5 Å². The Kier molecular flexibility index (Phi) is 6.43. The third kappa shape index (κ3) is 6.05. The Bertz CT molecular complexity index is 257. The molecule has 1 aliphatic heterocycles. The summed E-state index contributed by atoms with van der Waals surface area (Å²) in [6.45, 7) is 8.79. The van der Waals surface area contributed by atoms with Gasteiger partial charge in [-0.2, -0.15) is 0 Å². The molecule has 0 aliphatic carbocycles. The number of ether oxygens (including phenoxy) is 2. The van der Waals surface area contributed by atoms with Crippen LogP contribution in [0.3, 0.4) is 0 Å². The highest BCUT2D eigenvalue weighted by Gasteiger charge is 2.26. The van der Waals surface area contributed by atoms with Crippen molar-refractivity contribution in [3.8, 4) is 0 Å². The number of carbonyl (C=O) groups is 1. The van der Waals surface area contributed by atoms with Crippen LogP contribution in [-0.4, -0.2) is 48.2 Å². The molecular weight excluding hydrogens is 298 g/mol. The SMILES string of the molecule is CC(C)(C)OC(=O)N1CCC(COCCBr)CC1. The molecule has 0 radical (unpaired) electrons. The molecule has 0 aromatic rings. The number of halogens is 1. The number of amides is 1. The van der Waals surface area contributed by atoms with Gasteiger partial charge in [0.25, 0.3) is 0 Å². The first-order chi connectivity index (χ1) is 8.42. The minimum absolute atomic E-state index is 0.192. The van der Waals surface area contributed by atoms with Crippen molar-refractivity contribution >= 4 is 22.0 Å². The van der Waals surface area contributed by atoms with E-state index in [9.17, 15) is 4.79 Å². The van der Waals surface area contributed by atoms with Crippen LogP contribution >= 0.6 is 15.9 Å². The van der Waals surface area contributed by atoms with Crippen LogP contribution < -0.4 is 0 Å². The molecule has 0 N–H and O–H groups in total. The quantitative estimate of drug-likeness (QED) is 0.590. The van der Waals surface area contributed by atoms with Crippen LogP contribution in [-0.2, 0) is 9.47 Å². The van der Waals surface area contributed by atoms with E-state index in [0.29, 0.717) is 5.92 Å². The van der Waals surface area contributed by atoms with E-state index in [4.69, 9.17) is 9.47 Å². The number of hydrogen-bond acceptors (Lipinski definition) is 3. The predicted octanol–water partition coefficient (Wildman–Crippen LogP) is 3.05. The van der Waals surface area contributed by atoms with Gasteiger partial charge >= 0.3 is 6.09 Å². The Balaban J connectivity index is 2.24. The topological polar surface area (TPSA) is 38.8 Å². The Morgan fingerprint density at radius 1 is 1.33 bits per heavy atom. The number of alkyl halides is 1. The lowest BCUT2D eigenvalue weighted by Crippen LogP contribution is -2.42.